The van der Waals surface area contributed by atoms with Gasteiger partial charge in [-0.25, -0.2) is 0 Å². The van der Waals surface area contributed by atoms with Crippen LogP contribution in [0.4, 0.5) is 0 Å². The molecule has 0 N–H and O–H groups in total. The van der Waals surface area contributed by atoms with Gasteiger partial charge in [-0.2, -0.15) is 0 Å². The standard InChI is InChI=1S/C9H8ClO/c10-9-6-2-1-4-8(9)5-3-7-11/h1-4,6-7H,5H2. The van der Waals surface area contributed by atoms with Gasteiger partial charge in [0.05, 0.1) is 0 Å². The van der Waals surface area contributed by atoms with Crippen LogP contribution in [0.5, 0.6) is 0 Å². The molecule has 0 aliphatic rings. The molecule has 57 valence electrons. The Kier molecular flexibility index (Phi) is 2.99. The van der Waals surface area contributed by atoms with E-state index in [4.69, 9.17) is 11.6 Å². The lowest BCUT2D eigenvalue weighted by Crippen LogP contribution is -1.80. The number of halogens is 1. The lowest BCUT2D eigenvalue weighted by Gasteiger charge is -1.97. The summed E-state index contributed by atoms with van der Waals surface area (Å²) in [7, 11) is 0. The summed E-state index contributed by atoms with van der Waals surface area (Å²) in [6, 6.07) is 7.49. The van der Waals surface area contributed by atoms with E-state index in [1.165, 1.54) is 0 Å². The third-order valence-electron chi connectivity index (χ3n) is 1.39. The van der Waals surface area contributed by atoms with Crippen LogP contribution in [0, 0.1) is 0 Å². The Bertz CT molecular complexity index is 255. The van der Waals surface area contributed by atoms with Crippen LogP contribution < -0.4 is 0 Å². The summed E-state index contributed by atoms with van der Waals surface area (Å²) in [4.78, 5) is 0. The molecule has 1 aromatic carbocycles. The van der Waals surface area contributed by atoms with Crippen LogP contribution in [-0.4, -0.2) is 0 Å². The van der Waals surface area contributed by atoms with Gasteiger partial charge in [0, 0.05) is 5.02 Å². The highest BCUT2D eigenvalue weighted by atomic mass is 35.5. The zero-order valence-electron chi connectivity index (χ0n) is 5.96. The van der Waals surface area contributed by atoms with Crippen molar-refractivity contribution in [3.05, 3.63) is 47.2 Å². The van der Waals surface area contributed by atoms with Crippen LogP contribution in [0.1, 0.15) is 5.56 Å². The number of hydrogen-bond donors (Lipinski definition) is 0. The highest BCUT2D eigenvalue weighted by Gasteiger charge is 1.94. The molecular weight excluding hydrogens is 160 g/mol. The predicted octanol–water partition coefficient (Wildman–Crippen LogP) is 2.83. The van der Waals surface area contributed by atoms with Gasteiger partial charge in [-0.3, -0.25) is 5.11 Å². The Balaban J connectivity index is 2.77. The fraction of sp³-hybridized carbons (Fsp3) is 0.111. The minimum Gasteiger partial charge on any atom is -0.299 e. The first kappa shape index (κ1) is 8.15. The average Bonchev–Trinajstić information content (AvgIpc) is 2.03. The van der Waals surface area contributed by atoms with Gasteiger partial charge < -0.3 is 0 Å². The molecule has 2 heteroatoms. The Hall–Kier alpha value is -0.950. The molecular formula is C9H8ClO. The predicted molar refractivity (Wildman–Crippen MR) is 45.0 cm³/mol. The van der Waals surface area contributed by atoms with Gasteiger partial charge in [0.1, 0.15) is 6.26 Å². The molecule has 0 saturated carbocycles. The van der Waals surface area contributed by atoms with Crippen LogP contribution >= 0.6 is 11.6 Å². The van der Waals surface area contributed by atoms with Gasteiger partial charge in [-0.1, -0.05) is 29.8 Å². The van der Waals surface area contributed by atoms with Crippen molar-refractivity contribution in [3.63, 3.8) is 0 Å². The molecule has 0 bridgehead atoms. The summed E-state index contributed by atoms with van der Waals surface area (Å²) in [6.45, 7) is 0. The van der Waals surface area contributed by atoms with Gasteiger partial charge >= 0.3 is 0 Å². The first-order chi connectivity index (χ1) is 5.34. The largest absolute Gasteiger partial charge is 0.299 e. The molecule has 0 aliphatic carbocycles. The third kappa shape index (κ3) is 2.28. The van der Waals surface area contributed by atoms with Gasteiger partial charge in [-0.05, 0) is 24.1 Å². The second kappa shape index (κ2) is 4.04. The van der Waals surface area contributed by atoms with E-state index in [-0.39, 0.29) is 0 Å². The number of hydrogen-bond acceptors (Lipinski definition) is 0. The fourth-order valence-electron chi connectivity index (χ4n) is 0.839. The summed E-state index contributed by atoms with van der Waals surface area (Å²) in [6.07, 6.45) is 2.94. The van der Waals surface area contributed by atoms with Gasteiger partial charge in [0.15, 0.2) is 0 Å². The minimum atomic E-state index is 0.614. The molecule has 0 aromatic heterocycles. The van der Waals surface area contributed by atoms with Crippen LogP contribution in [0.25, 0.3) is 0 Å². The van der Waals surface area contributed by atoms with Crippen molar-refractivity contribution in [1.82, 2.24) is 0 Å². The van der Waals surface area contributed by atoms with E-state index in [9.17, 15) is 5.11 Å². The number of allylic oxidation sites excluding steroid dienone is 1. The zero-order valence-corrected chi connectivity index (χ0v) is 6.71. The van der Waals surface area contributed by atoms with Crippen molar-refractivity contribution in [3.8, 4) is 0 Å². The number of rotatable bonds is 2. The SMILES string of the molecule is [O]C=CCc1ccccc1Cl. The summed E-state index contributed by atoms with van der Waals surface area (Å²) in [5, 5.41) is 10.7. The smallest absolute Gasteiger partial charge is 0.139 e. The van der Waals surface area contributed by atoms with Crippen molar-refractivity contribution < 1.29 is 5.11 Å². The molecule has 0 heterocycles. The summed E-state index contributed by atoms with van der Waals surface area (Å²) in [5.41, 5.74) is 0.987. The first-order valence-electron chi connectivity index (χ1n) is 3.35. The Morgan fingerprint density at radius 2 is 2.09 bits per heavy atom. The van der Waals surface area contributed by atoms with Crippen LogP contribution in [-0.2, 0) is 11.5 Å². The molecule has 1 aromatic rings. The minimum absolute atomic E-state index is 0.614. The lowest BCUT2D eigenvalue weighted by atomic mass is 10.1. The van der Waals surface area contributed by atoms with E-state index < -0.39 is 0 Å². The normalized spacial score (nSPS) is 10.6. The molecule has 0 atom stereocenters. The monoisotopic (exact) mass is 167 g/mol. The summed E-state index contributed by atoms with van der Waals surface area (Å²) < 4.78 is 0. The van der Waals surface area contributed by atoms with Gasteiger partial charge in [-0.15, -0.1) is 0 Å². The van der Waals surface area contributed by atoms with Crippen LogP contribution in [0.15, 0.2) is 36.6 Å². The van der Waals surface area contributed by atoms with Crippen molar-refractivity contribution in [1.29, 1.82) is 0 Å². The maximum absolute atomic E-state index is 9.99. The van der Waals surface area contributed by atoms with E-state index in [0.717, 1.165) is 11.8 Å². The van der Waals surface area contributed by atoms with Crippen LogP contribution in [0.3, 0.4) is 0 Å². The molecule has 0 fully saturated rings. The Morgan fingerprint density at radius 3 is 2.73 bits per heavy atom. The topological polar surface area (TPSA) is 19.9 Å². The lowest BCUT2D eigenvalue weighted by molar-refractivity contribution is 0.350. The maximum atomic E-state index is 9.99. The van der Waals surface area contributed by atoms with Gasteiger partial charge in [0.25, 0.3) is 0 Å². The van der Waals surface area contributed by atoms with E-state index in [1.54, 1.807) is 6.08 Å². The molecule has 0 amide bonds. The first-order valence-corrected chi connectivity index (χ1v) is 3.73. The number of benzene rings is 1. The van der Waals surface area contributed by atoms with Crippen molar-refractivity contribution in [2.45, 2.75) is 6.42 Å². The van der Waals surface area contributed by atoms with E-state index in [0.29, 0.717) is 11.4 Å². The van der Waals surface area contributed by atoms with Crippen molar-refractivity contribution in [2.75, 3.05) is 0 Å². The summed E-state index contributed by atoms with van der Waals surface area (Å²) >= 11 is 5.82. The molecule has 0 saturated heterocycles. The fourth-order valence-corrected chi connectivity index (χ4v) is 1.05. The zero-order chi connectivity index (χ0) is 8.10. The molecule has 0 aliphatic heterocycles. The molecule has 1 rings (SSSR count). The highest BCUT2D eigenvalue weighted by molar-refractivity contribution is 6.31. The summed E-state index contributed by atoms with van der Waals surface area (Å²) in [5.74, 6) is 0. The van der Waals surface area contributed by atoms with Crippen molar-refractivity contribution in [2.24, 2.45) is 0 Å². The van der Waals surface area contributed by atoms with E-state index in [1.807, 2.05) is 24.3 Å². The second-order valence-corrected chi connectivity index (χ2v) is 2.57. The maximum Gasteiger partial charge on any atom is 0.139 e. The molecule has 11 heavy (non-hydrogen) atoms. The third-order valence-corrected chi connectivity index (χ3v) is 1.76. The van der Waals surface area contributed by atoms with Gasteiger partial charge in [0.2, 0.25) is 0 Å². The quantitative estimate of drug-likeness (QED) is 0.604. The molecule has 1 radical (unpaired) electrons. The average molecular weight is 168 g/mol. The Labute approximate surface area is 70.9 Å². The van der Waals surface area contributed by atoms with Crippen molar-refractivity contribution >= 4 is 11.6 Å². The highest BCUT2D eigenvalue weighted by Crippen LogP contribution is 2.15. The van der Waals surface area contributed by atoms with Crippen LogP contribution in [0.2, 0.25) is 5.02 Å². The second-order valence-electron chi connectivity index (χ2n) is 2.17. The Morgan fingerprint density at radius 1 is 1.36 bits per heavy atom. The molecule has 0 spiro atoms. The van der Waals surface area contributed by atoms with E-state index >= 15 is 0 Å². The molecule has 0 unspecified atom stereocenters. The van der Waals surface area contributed by atoms with E-state index in [2.05, 4.69) is 0 Å². The molecule has 1 nitrogen and oxygen atoms in total.